The van der Waals surface area contributed by atoms with E-state index in [9.17, 15) is 0 Å². The molecule has 0 aliphatic rings. The monoisotopic (exact) mass is 297 g/mol. The van der Waals surface area contributed by atoms with Crippen molar-refractivity contribution in [2.45, 2.75) is 6.61 Å². The summed E-state index contributed by atoms with van der Waals surface area (Å²) in [5.74, 6) is 1.42. The van der Waals surface area contributed by atoms with Gasteiger partial charge in [-0.25, -0.2) is 0 Å². The van der Waals surface area contributed by atoms with Crippen molar-refractivity contribution in [2.75, 3.05) is 5.73 Å². The van der Waals surface area contributed by atoms with E-state index in [1.54, 1.807) is 4.52 Å². The zero-order chi connectivity index (χ0) is 14.2. The first-order valence-electron chi connectivity index (χ1n) is 6.38. The predicted octanol–water partition coefficient (Wildman–Crippen LogP) is 2.50. The van der Waals surface area contributed by atoms with Gasteiger partial charge in [-0.05, 0) is 22.9 Å². The summed E-state index contributed by atoms with van der Waals surface area (Å²) in [4.78, 5) is 0.671. The summed E-state index contributed by atoms with van der Waals surface area (Å²) < 4.78 is 7.39. The Kier molecular flexibility index (Phi) is 2.71. The summed E-state index contributed by atoms with van der Waals surface area (Å²) >= 11 is 1.30. The van der Waals surface area contributed by atoms with Gasteiger partial charge in [0.1, 0.15) is 12.4 Å². The van der Waals surface area contributed by atoms with Crippen LogP contribution in [0.15, 0.2) is 42.5 Å². The van der Waals surface area contributed by atoms with Crippen LogP contribution in [0, 0.1) is 0 Å². The molecule has 0 unspecified atom stereocenters. The molecule has 0 saturated carbocycles. The van der Waals surface area contributed by atoms with E-state index in [-0.39, 0.29) is 0 Å². The summed E-state index contributed by atoms with van der Waals surface area (Å²) in [6, 6.07) is 14.1. The van der Waals surface area contributed by atoms with Gasteiger partial charge in [-0.1, -0.05) is 41.7 Å². The maximum absolute atomic E-state index is 5.78. The third-order valence-corrected chi connectivity index (χ3v) is 3.89. The molecule has 0 saturated heterocycles. The Hall–Kier alpha value is -2.67. The van der Waals surface area contributed by atoms with Gasteiger partial charge in [-0.15, -0.1) is 15.3 Å². The average molecular weight is 297 g/mol. The molecule has 2 N–H and O–H groups in total. The van der Waals surface area contributed by atoms with Gasteiger partial charge in [-0.2, -0.15) is 4.52 Å². The van der Waals surface area contributed by atoms with Gasteiger partial charge >= 0.3 is 0 Å². The van der Waals surface area contributed by atoms with Gasteiger partial charge in [0.2, 0.25) is 10.1 Å². The molecule has 4 aromatic rings. The number of benzene rings is 2. The molecule has 7 heteroatoms. The standard InChI is InChI=1S/C14H11N5OS/c15-13-18-19-12(16-17-14(19)21-13)8-20-11-6-5-9-3-1-2-4-10(9)7-11/h1-7H,8H2,(H2,15,18). The average Bonchev–Trinajstić information content (AvgIpc) is 3.04. The van der Waals surface area contributed by atoms with Crippen LogP contribution in [0.25, 0.3) is 15.7 Å². The number of nitrogens with two attached hydrogens (primary N) is 1. The van der Waals surface area contributed by atoms with E-state index < -0.39 is 0 Å². The zero-order valence-corrected chi connectivity index (χ0v) is 11.7. The molecular weight excluding hydrogens is 286 g/mol. The molecule has 0 bridgehead atoms. The van der Waals surface area contributed by atoms with Gasteiger partial charge in [0.25, 0.3) is 0 Å². The lowest BCUT2D eigenvalue weighted by atomic mass is 10.1. The van der Waals surface area contributed by atoms with Crippen molar-refractivity contribution in [3.05, 3.63) is 48.3 Å². The number of nitrogens with zero attached hydrogens (tertiary/aromatic N) is 4. The first kappa shape index (κ1) is 12.1. The van der Waals surface area contributed by atoms with Crippen molar-refractivity contribution >= 4 is 32.2 Å². The minimum Gasteiger partial charge on any atom is -0.486 e. The predicted molar refractivity (Wildman–Crippen MR) is 81.4 cm³/mol. The summed E-state index contributed by atoms with van der Waals surface area (Å²) in [5, 5.41) is 15.0. The van der Waals surface area contributed by atoms with Crippen LogP contribution in [0.3, 0.4) is 0 Å². The quantitative estimate of drug-likeness (QED) is 0.628. The van der Waals surface area contributed by atoms with Crippen LogP contribution < -0.4 is 10.5 Å². The number of hydrogen-bond acceptors (Lipinski definition) is 6. The minimum atomic E-state index is 0.294. The van der Waals surface area contributed by atoms with E-state index in [0.717, 1.165) is 11.1 Å². The molecule has 0 atom stereocenters. The largest absolute Gasteiger partial charge is 0.486 e. The highest BCUT2D eigenvalue weighted by molar-refractivity contribution is 7.20. The summed E-state index contributed by atoms with van der Waals surface area (Å²) in [5.41, 5.74) is 5.65. The van der Waals surface area contributed by atoms with E-state index in [1.165, 1.54) is 16.7 Å². The van der Waals surface area contributed by atoms with Crippen LogP contribution in [0.2, 0.25) is 0 Å². The van der Waals surface area contributed by atoms with Gasteiger partial charge in [0, 0.05) is 0 Å². The van der Waals surface area contributed by atoms with E-state index >= 15 is 0 Å². The first-order chi connectivity index (χ1) is 10.3. The molecule has 104 valence electrons. The molecule has 2 aromatic heterocycles. The molecular formula is C14H11N5OS. The Morgan fingerprint density at radius 3 is 2.86 bits per heavy atom. The van der Waals surface area contributed by atoms with E-state index in [1.807, 2.05) is 30.3 Å². The lowest BCUT2D eigenvalue weighted by Crippen LogP contribution is -2.02. The second-order valence-electron chi connectivity index (χ2n) is 4.55. The number of anilines is 1. The van der Waals surface area contributed by atoms with Gasteiger partial charge in [0.15, 0.2) is 5.82 Å². The molecule has 2 aromatic carbocycles. The van der Waals surface area contributed by atoms with Crippen LogP contribution >= 0.6 is 11.3 Å². The highest BCUT2D eigenvalue weighted by atomic mass is 32.1. The Labute approximate surface area is 123 Å². The fraction of sp³-hybridized carbons (Fsp3) is 0.0714. The Morgan fingerprint density at radius 2 is 1.95 bits per heavy atom. The Bertz CT molecular complexity index is 929. The number of hydrogen-bond donors (Lipinski definition) is 1. The molecule has 2 heterocycles. The minimum absolute atomic E-state index is 0.294. The SMILES string of the molecule is Nc1nn2c(COc3ccc4ccccc4c3)nnc2s1. The number of aromatic nitrogens is 4. The third kappa shape index (κ3) is 2.17. The number of rotatable bonds is 3. The molecule has 21 heavy (non-hydrogen) atoms. The smallest absolute Gasteiger partial charge is 0.236 e. The Balaban J connectivity index is 1.60. The lowest BCUT2D eigenvalue weighted by Gasteiger charge is -2.05. The zero-order valence-electron chi connectivity index (χ0n) is 10.9. The van der Waals surface area contributed by atoms with Crippen molar-refractivity contribution in [3.63, 3.8) is 0 Å². The van der Waals surface area contributed by atoms with Gasteiger partial charge in [-0.3, -0.25) is 0 Å². The summed E-state index contributed by atoms with van der Waals surface area (Å²) in [6.45, 7) is 0.294. The maximum atomic E-state index is 5.78. The summed E-state index contributed by atoms with van der Waals surface area (Å²) in [6.07, 6.45) is 0. The van der Waals surface area contributed by atoms with Crippen LogP contribution in [0.1, 0.15) is 5.82 Å². The molecule has 0 aliphatic heterocycles. The molecule has 0 aliphatic carbocycles. The molecule has 6 nitrogen and oxygen atoms in total. The molecule has 0 spiro atoms. The first-order valence-corrected chi connectivity index (χ1v) is 7.19. The molecule has 0 amide bonds. The van der Waals surface area contributed by atoms with Crippen molar-refractivity contribution < 1.29 is 4.74 Å². The Morgan fingerprint density at radius 1 is 1.10 bits per heavy atom. The molecule has 0 fully saturated rings. The van der Waals surface area contributed by atoms with Crippen molar-refractivity contribution in [3.8, 4) is 5.75 Å². The van der Waals surface area contributed by atoms with Crippen LogP contribution in [0.4, 0.5) is 5.13 Å². The fourth-order valence-corrected chi connectivity index (χ4v) is 2.79. The van der Waals surface area contributed by atoms with Crippen LogP contribution in [0.5, 0.6) is 5.75 Å². The number of ether oxygens (including phenoxy) is 1. The van der Waals surface area contributed by atoms with Gasteiger partial charge < -0.3 is 10.5 Å². The van der Waals surface area contributed by atoms with Crippen molar-refractivity contribution in [1.29, 1.82) is 0 Å². The van der Waals surface area contributed by atoms with E-state index in [0.29, 0.717) is 22.5 Å². The second kappa shape index (κ2) is 4.71. The van der Waals surface area contributed by atoms with Crippen LogP contribution in [-0.2, 0) is 6.61 Å². The fourth-order valence-electron chi connectivity index (χ4n) is 2.17. The lowest BCUT2D eigenvalue weighted by molar-refractivity contribution is 0.293. The van der Waals surface area contributed by atoms with E-state index in [4.69, 9.17) is 10.5 Å². The van der Waals surface area contributed by atoms with Crippen LogP contribution in [-0.4, -0.2) is 19.8 Å². The normalized spacial score (nSPS) is 11.2. The van der Waals surface area contributed by atoms with Gasteiger partial charge in [0.05, 0.1) is 0 Å². The maximum Gasteiger partial charge on any atom is 0.236 e. The third-order valence-electron chi connectivity index (χ3n) is 3.16. The molecule has 0 radical (unpaired) electrons. The second-order valence-corrected chi connectivity index (χ2v) is 5.54. The number of nitrogen functional groups attached to an aromatic ring is 1. The highest BCUT2D eigenvalue weighted by Gasteiger charge is 2.10. The van der Waals surface area contributed by atoms with E-state index in [2.05, 4.69) is 27.4 Å². The highest BCUT2D eigenvalue weighted by Crippen LogP contribution is 2.22. The summed E-state index contributed by atoms with van der Waals surface area (Å²) in [7, 11) is 0. The van der Waals surface area contributed by atoms with Crippen molar-refractivity contribution in [1.82, 2.24) is 19.8 Å². The molecule has 4 rings (SSSR count). The topological polar surface area (TPSA) is 78.3 Å². The van der Waals surface area contributed by atoms with Crippen molar-refractivity contribution in [2.24, 2.45) is 0 Å². The number of fused-ring (bicyclic) bond motifs is 2.